The zero-order chi connectivity index (χ0) is 20.1. The Balaban J connectivity index is 1.55. The first-order valence-corrected chi connectivity index (χ1v) is 8.93. The molecule has 2 aromatic rings. The van der Waals surface area contributed by atoms with E-state index in [2.05, 4.69) is 9.64 Å². The van der Waals surface area contributed by atoms with Crippen LogP contribution in [0.15, 0.2) is 48.5 Å². The number of ether oxygens (including phenoxy) is 1. The topological polar surface area (TPSA) is 32.8 Å². The lowest BCUT2D eigenvalue weighted by molar-refractivity contribution is -0.274. The van der Waals surface area contributed by atoms with E-state index in [-0.39, 0.29) is 23.9 Å². The van der Waals surface area contributed by atoms with Gasteiger partial charge in [0.05, 0.1) is 6.42 Å². The Morgan fingerprint density at radius 1 is 0.929 bits per heavy atom. The van der Waals surface area contributed by atoms with E-state index in [1.54, 1.807) is 17.0 Å². The zero-order valence-corrected chi connectivity index (χ0v) is 15.1. The predicted molar refractivity (Wildman–Crippen MR) is 96.6 cm³/mol. The monoisotopic (exact) mass is 396 g/mol. The van der Waals surface area contributed by atoms with E-state index < -0.39 is 6.36 Å². The van der Waals surface area contributed by atoms with E-state index in [0.717, 1.165) is 18.7 Å². The molecule has 150 valence electrons. The molecule has 0 saturated carbocycles. The molecular weight excluding hydrogens is 376 g/mol. The van der Waals surface area contributed by atoms with Crippen LogP contribution in [0.25, 0.3) is 0 Å². The predicted octanol–water partition coefficient (Wildman–Crippen LogP) is 4.01. The van der Waals surface area contributed by atoms with Crippen molar-refractivity contribution >= 4 is 11.6 Å². The minimum Gasteiger partial charge on any atom is -0.406 e. The van der Waals surface area contributed by atoms with Gasteiger partial charge >= 0.3 is 6.36 Å². The number of rotatable bonds is 4. The first-order valence-electron chi connectivity index (χ1n) is 8.93. The zero-order valence-electron chi connectivity index (χ0n) is 15.1. The van der Waals surface area contributed by atoms with Crippen molar-refractivity contribution < 1.29 is 27.1 Å². The molecule has 0 bridgehead atoms. The molecule has 1 aliphatic heterocycles. The molecule has 8 heteroatoms. The third kappa shape index (κ3) is 5.61. The highest BCUT2D eigenvalue weighted by Crippen LogP contribution is 2.23. The Kier molecular flexibility index (Phi) is 6.06. The average molecular weight is 396 g/mol. The van der Waals surface area contributed by atoms with Crippen LogP contribution in [-0.4, -0.2) is 43.3 Å². The quantitative estimate of drug-likeness (QED) is 0.733. The van der Waals surface area contributed by atoms with E-state index in [0.29, 0.717) is 25.2 Å². The van der Waals surface area contributed by atoms with Gasteiger partial charge in [-0.3, -0.25) is 4.79 Å². The molecule has 3 rings (SSSR count). The number of nitrogens with zero attached hydrogens (tertiary/aromatic N) is 2. The Hall–Kier alpha value is -2.77. The van der Waals surface area contributed by atoms with Gasteiger partial charge in [-0.15, -0.1) is 13.2 Å². The lowest BCUT2D eigenvalue weighted by Crippen LogP contribution is -2.36. The number of carbonyl (C=O) groups excluding carboxylic acids is 1. The molecule has 4 nitrogen and oxygen atoms in total. The second kappa shape index (κ2) is 8.50. The molecule has 0 aliphatic carbocycles. The van der Waals surface area contributed by atoms with Crippen LogP contribution in [-0.2, 0) is 11.2 Å². The molecule has 1 fully saturated rings. The number of hydrogen-bond acceptors (Lipinski definition) is 3. The molecule has 0 N–H and O–H groups in total. The fourth-order valence-corrected chi connectivity index (χ4v) is 3.17. The lowest BCUT2D eigenvalue weighted by Gasteiger charge is -2.24. The largest absolute Gasteiger partial charge is 0.573 e. The summed E-state index contributed by atoms with van der Waals surface area (Å²) in [5, 5.41) is 0. The number of benzene rings is 2. The van der Waals surface area contributed by atoms with Crippen molar-refractivity contribution in [3.05, 3.63) is 59.9 Å². The minimum absolute atomic E-state index is 0.0783. The van der Waals surface area contributed by atoms with Gasteiger partial charge in [-0.25, -0.2) is 4.39 Å². The van der Waals surface area contributed by atoms with Gasteiger partial charge in [0.2, 0.25) is 5.91 Å². The lowest BCUT2D eigenvalue weighted by atomic mass is 10.1. The van der Waals surface area contributed by atoms with Gasteiger partial charge in [0.25, 0.3) is 0 Å². The molecule has 0 spiro atoms. The molecule has 28 heavy (non-hydrogen) atoms. The van der Waals surface area contributed by atoms with Crippen molar-refractivity contribution in [1.82, 2.24) is 4.90 Å². The summed E-state index contributed by atoms with van der Waals surface area (Å²) in [5.41, 5.74) is 1.54. The van der Waals surface area contributed by atoms with Gasteiger partial charge in [-0.05, 0) is 48.4 Å². The molecule has 2 aromatic carbocycles. The molecule has 0 aromatic heterocycles. The Bertz CT molecular complexity index is 791. The summed E-state index contributed by atoms with van der Waals surface area (Å²) in [6.07, 6.45) is -3.84. The Labute approximate surface area is 160 Å². The summed E-state index contributed by atoms with van der Waals surface area (Å²) < 4.78 is 53.5. The molecule has 0 atom stereocenters. The first-order chi connectivity index (χ1) is 13.3. The summed E-state index contributed by atoms with van der Waals surface area (Å²) in [6, 6.07) is 11.6. The van der Waals surface area contributed by atoms with Crippen LogP contribution in [0.5, 0.6) is 5.75 Å². The van der Waals surface area contributed by atoms with Crippen molar-refractivity contribution in [2.75, 3.05) is 31.1 Å². The second-order valence-electron chi connectivity index (χ2n) is 6.57. The molecule has 1 amide bonds. The fourth-order valence-electron chi connectivity index (χ4n) is 3.17. The van der Waals surface area contributed by atoms with Crippen molar-refractivity contribution in [3.8, 4) is 5.75 Å². The van der Waals surface area contributed by atoms with Crippen LogP contribution in [0, 0.1) is 5.82 Å². The maximum atomic E-state index is 13.1. The van der Waals surface area contributed by atoms with Crippen molar-refractivity contribution in [2.45, 2.75) is 19.2 Å². The molecule has 1 aliphatic rings. The average Bonchev–Trinajstić information content (AvgIpc) is 2.89. The van der Waals surface area contributed by atoms with Gasteiger partial charge in [0.15, 0.2) is 0 Å². The van der Waals surface area contributed by atoms with Gasteiger partial charge < -0.3 is 14.5 Å². The molecule has 0 radical (unpaired) electrons. The maximum absolute atomic E-state index is 13.1. The first kappa shape index (κ1) is 20.0. The van der Waals surface area contributed by atoms with Crippen LogP contribution >= 0.6 is 0 Å². The second-order valence-corrected chi connectivity index (χ2v) is 6.57. The third-order valence-corrected chi connectivity index (χ3v) is 4.55. The van der Waals surface area contributed by atoms with E-state index in [4.69, 9.17) is 0 Å². The number of hydrogen-bond donors (Lipinski definition) is 0. The van der Waals surface area contributed by atoms with Crippen molar-refractivity contribution in [1.29, 1.82) is 0 Å². The number of anilines is 1. The highest BCUT2D eigenvalue weighted by molar-refractivity contribution is 5.79. The van der Waals surface area contributed by atoms with Gasteiger partial charge in [-0.1, -0.05) is 12.1 Å². The highest BCUT2D eigenvalue weighted by Gasteiger charge is 2.31. The minimum atomic E-state index is -4.74. The maximum Gasteiger partial charge on any atom is 0.573 e. The molecule has 1 saturated heterocycles. The Morgan fingerprint density at radius 3 is 2.25 bits per heavy atom. The third-order valence-electron chi connectivity index (χ3n) is 4.55. The van der Waals surface area contributed by atoms with E-state index in [1.165, 1.54) is 36.4 Å². The summed E-state index contributed by atoms with van der Waals surface area (Å²) in [7, 11) is 0. The Morgan fingerprint density at radius 2 is 1.61 bits per heavy atom. The summed E-state index contributed by atoms with van der Waals surface area (Å²) in [4.78, 5) is 16.4. The van der Waals surface area contributed by atoms with Crippen LogP contribution in [0.1, 0.15) is 12.0 Å². The number of alkyl halides is 3. The molecule has 0 unspecified atom stereocenters. The number of amides is 1. The normalized spacial score (nSPS) is 15.3. The van der Waals surface area contributed by atoms with Gasteiger partial charge in [-0.2, -0.15) is 0 Å². The SMILES string of the molecule is O=C(Cc1ccc(OC(F)(F)F)cc1)N1CCCN(c2ccc(F)cc2)CC1. The van der Waals surface area contributed by atoms with Crippen molar-refractivity contribution in [2.24, 2.45) is 0 Å². The van der Waals surface area contributed by atoms with Crippen LogP contribution in [0.3, 0.4) is 0 Å². The summed E-state index contributed by atoms with van der Waals surface area (Å²) in [5.74, 6) is -0.680. The van der Waals surface area contributed by atoms with Crippen LogP contribution < -0.4 is 9.64 Å². The summed E-state index contributed by atoms with van der Waals surface area (Å²) >= 11 is 0. The van der Waals surface area contributed by atoms with E-state index in [9.17, 15) is 22.4 Å². The number of carbonyl (C=O) groups is 1. The van der Waals surface area contributed by atoms with E-state index in [1.807, 2.05) is 0 Å². The fraction of sp³-hybridized carbons (Fsp3) is 0.350. The van der Waals surface area contributed by atoms with Crippen LogP contribution in [0.4, 0.5) is 23.2 Å². The standard InChI is InChI=1S/C20H20F4N2O2/c21-16-4-6-17(7-5-16)25-10-1-11-26(13-12-25)19(27)14-15-2-8-18(9-3-15)28-20(22,23)24/h2-9H,1,10-14H2. The van der Waals surface area contributed by atoms with Gasteiger partial charge in [0.1, 0.15) is 11.6 Å². The molecular formula is C20H20F4N2O2. The van der Waals surface area contributed by atoms with Gasteiger partial charge in [0, 0.05) is 31.9 Å². The number of halogens is 4. The smallest absolute Gasteiger partial charge is 0.406 e. The van der Waals surface area contributed by atoms with Crippen molar-refractivity contribution in [3.63, 3.8) is 0 Å². The highest BCUT2D eigenvalue weighted by atomic mass is 19.4. The van der Waals surface area contributed by atoms with E-state index >= 15 is 0 Å². The molecule has 1 heterocycles. The van der Waals surface area contributed by atoms with Crippen LogP contribution in [0.2, 0.25) is 0 Å². The summed E-state index contributed by atoms with van der Waals surface area (Å²) in [6.45, 7) is 2.53.